The minimum absolute atomic E-state index is 0.0174. The second-order valence-corrected chi connectivity index (χ2v) is 5.25. The summed E-state index contributed by atoms with van der Waals surface area (Å²) in [6.07, 6.45) is 6.30. The van der Waals surface area contributed by atoms with Crippen molar-refractivity contribution in [1.82, 2.24) is 5.32 Å². The topological polar surface area (TPSA) is 58.6 Å². The molecule has 0 aromatic heterocycles. The van der Waals surface area contributed by atoms with Gasteiger partial charge in [0.1, 0.15) is 5.75 Å². The molecule has 0 radical (unpaired) electrons. The van der Waals surface area contributed by atoms with E-state index >= 15 is 0 Å². The van der Waals surface area contributed by atoms with Gasteiger partial charge in [0, 0.05) is 13.0 Å². The molecule has 4 heteroatoms. The summed E-state index contributed by atoms with van der Waals surface area (Å²) in [5.74, 6) is 0.881. The van der Waals surface area contributed by atoms with Gasteiger partial charge in [-0.25, -0.2) is 0 Å². The highest BCUT2D eigenvalue weighted by atomic mass is 16.5. The lowest BCUT2D eigenvalue weighted by Gasteiger charge is -2.13. The Balaban J connectivity index is 1.81. The van der Waals surface area contributed by atoms with Crippen LogP contribution in [-0.4, -0.2) is 30.3 Å². The first kappa shape index (κ1) is 14.9. The number of hydrogen-bond donors (Lipinski definition) is 2. The Labute approximate surface area is 120 Å². The highest BCUT2D eigenvalue weighted by molar-refractivity contribution is 5.76. The molecule has 1 aliphatic carbocycles. The molecule has 20 heavy (non-hydrogen) atoms. The van der Waals surface area contributed by atoms with Crippen LogP contribution in [0.5, 0.6) is 5.75 Å². The van der Waals surface area contributed by atoms with E-state index < -0.39 is 0 Å². The lowest BCUT2D eigenvalue weighted by Crippen LogP contribution is -2.26. The maximum atomic E-state index is 11.5. The van der Waals surface area contributed by atoms with Gasteiger partial charge in [-0.2, -0.15) is 0 Å². The van der Waals surface area contributed by atoms with Crippen LogP contribution >= 0.6 is 0 Å². The number of hydrogen-bond acceptors (Lipinski definition) is 3. The van der Waals surface area contributed by atoms with Crippen molar-refractivity contribution in [2.24, 2.45) is 0 Å². The maximum absolute atomic E-state index is 11.5. The van der Waals surface area contributed by atoms with E-state index in [0.717, 1.165) is 24.2 Å². The first-order chi connectivity index (χ1) is 9.78. The molecule has 4 nitrogen and oxygen atoms in total. The number of amides is 1. The monoisotopic (exact) mass is 277 g/mol. The van der Waals surface area contributed by atoms with Gasteiger partial charge in [0.2, 0.25) is 5.91 Å². The van der Waals surface area contributed by atoms with Gasteiger partial charge in [-0.1, -0.05) is 12.1 Å². The van der Waals surface area contributed by atoms with Crippen molar-refractivity contribution in [2.75, 3.05) is 13.2 Å². The molecule has 1 aromatic rings. The van der Waals surface area contributed by atoms with Crippen LogP contribution in [0.4, 0.5) is 0 Å². The minimum atomic E-state index is -0.0267. The van der Waals surface area contributed by atoms with E-state index in [1.807, 2.05) is 24.3 Å². The molecule has 0 heterocycles. The lowest BCUT2D eigenvalue weighted by atomic mass is 10.1. The standard InChI is InChI=1S/C16H23NO3/c18-11-10-17-16(19)9-8-13-4-3-7-15(12-13)20-14-5-1-2-6-14/h3-4,7,12,14,18H,1-2,5-6,8-11H2,(H,17,19). The maximum Gasteiger partial charge on any atom is 0.220 e. The summed E-state index contributed by atoms with van der Waals surface area (Å²) in [7, 11) is 0. The van der Waals surface area contributed by atoms with Gasteiger partial charge in [-0.15, -0.1) is 0 Å². The van der Waals surface area contributed by atoms with E-state index in [-0.39, 0.29) is 12.5 Å². The second-order valence-electron chi connectivity index (χ2n) is 5.25. The third-order valence-electron chi connectivity index (χ3n) is 3.58. The molecule has 0 atom stereocenters. The predicted octanol–water partition coefficient (Wildman–Crippen LogP) is 2.05. The molecule has 2 rings (SSSR count). The van der Waals surface area contributed by atoms with Gasteiger partial charge >= 0.3 is 0 Å². The second kappa shape index (κ2) is 7.90. The van der Waals surface area contributed by atoms with Gasteiger partial charge in [0.25, 0.3) is 0 Å². The van der Waals surface area contributed by atoms with Crippen molar-refractivity contribution >= 4 is 5.91 Å². The molecule has 110 valence electrons. The molecular weight excluding hydrogens is 254 g/mol. The number of nitrogens with one attached hydrogen (secondary N) is 1. The number of rotatable bonds is 7. The molecule has 1 saturated carbocycles. The lowest BCUT2D eigenvalue weighted by molar-refractivity contribution is -0.121. The quantitative estimate of drug-likeness (QED) is 0.802. The fraction of sp³-hybridized carbons (Fsp3) is 0.562. The predicted molar refractivity (Wildman–Crippen MR) is 77.7 cm³/mol. The molecule has 0 aliphatic heterocycles. The Morgan fingerprint density at radius 3 is 2.90 bits per heavy atom. The van der Waals surface area contributed by atoms with Crippen LogP contribution in [0, 0.1) is 0 Å². The van der Waals surface area contributed by atoms with Crippen molar-refractivity contribution < 1.29 is 14.6 Å². The smallest absolute Gasteiger partial charge is 0.220 e. The van der Waals surface area contributed by atoms with Crippen LogP contribution in [-0.2, 0) is 11.2 Å². The Morgan fingerprint density at radius 1 is 1.35 bits per heavy atom. The van der Waals surface area contributed by atoms with E-state index in [1.165, 1.54) is 12.8 Å². The Morgan fingerprint density at radius 2 is 2.15 bits per heavy atom. The average Bonchev–Trinajstić information content (AvgIpc) is 2.96. The number of aliphatic hydroxyl groups excluding tert-OH is 1. The van der Waals surface area contributed by atoms with Gasteiger partial charge in [0.15, 0.2) is 0 Å². The average molecular weight is 277 g/mol. The largest absolute Gasteiger partial charge is 0.490 e. The van der Waals surface area contributed by atoms with Crippen molar-refractivity contribution in [2.45, 2.75) is 44.6 Å². The molecule has 0 unspecified atom stereocenters. The van der Waals surface area contributed by atoms with E-state index in [1.54, 1.807) is 0 Å². The molecule has 1 amide bonds. The van der Waals surface area contributed by atoms with Crippen LogP contribution in [0.2, 0.25) is 0 Å². The van der Waals surface area contributed by atoms with Crippen molar-refractivity contribution in [3.8, 4) is 5.75 Å². The molecule has 0 saturated heterocycles. The van der Waals surface area contributed by atoms with E-state index in [0.29, 0.717) is 25.5 Å². The fourth-order valence-electron chi connectivity index (χ4n) is 2.51. The zero-order valence-corrected chi connectivity index (χ0v) is 11.8. The van der Waals surface area contributed by atoms with Crippen LogP contribution in [0.25, 0.3) is 0 Å². The van der Waals surface area contributed by atoms with Crippen LogP contribution < -0.4 is 10.1 Å². The molecule has 0 bridgehead atoms. The number of aryl methyl sites for hydroxylation is 1. The summed E-state index contributed by atoms with van der Waals surface area (Å²) in [6, 6.07) is 8.00. The van der Waals surface area contributed by atoms with Gasteiger partial charge < -0.3 is 15.2 Å². The van der Waals surface area contributed by atoms with E-state index in [4.69, 9.17) is 9.84 Å². The van der Waals surface area contributed by atoms with Crippen LogP contribution in [0.1, 0.15) is 37.7 Å². The normalized spacial score (nSPS) is 15.2. The van der Waals surface area contributed by atoms with E-state index in [2.05, 4.69) is 5.32 Å². The first-order valence-electron chi connectivity index (χ1n) is 7.41. The van der Waals surface area contributed by atoms with Gasteiger partial charge in [-0.05, 0) is 49.8 Å². The number of aliphatic hydroxyl groups is 1. The van der Waals surface area contributed by atoms with Crippen molar-refractivity contribution in [1.29, 1.82) is 0 Å². The number of benzene rings is 1. The summed E-state index contributed by atoms with van der Waals surface area (Å²) in [4.78, 5) is 11.5. The highest BCUT2D eigenvalue weighted by Crippen LogP contribution is 2.24. The molecular formula is C16H23NO3. The Hall–Kier alpha value is -1.55. The third kappa shape index (κ3) is 4.85. The summed E-state index contributed by atoms with van der Waals surface area (Å²) in [5.41, 5.74) is 1.11. The van der Waals surface area contributed by atoms with Gasteiger partial charge in [-0.3, -0.25) is 4.79 Å². The molecule has 1 aliphatic rings. The zero-order chi connectivity index (χ0) is 14.2. The minimum Gasteiger partial charge on any atom is -0.490 e. The first-order valence-corrected chi connectivity index (χ1v) is 7.41. The van der Waals surface area contributed by atoms with Crippen molar-refractivity contribution in [3.63, 3.8) is 0 Å². The Kier molecular flexibility index (Phi) is 5.87. The number of ether oxygens (including phenoxy) is 1. The molecule has 1 fully saturated rings. The van der Waals surface area contributed by atoms with Gasteiger partial charge in [0.05, 0.1) is 12.7 Å². The third-order valence-corrected chi connectivity index (χ3v) is 3.58. The SMILES string of the molecule is O=C(CCc1cccc(OC2CCCC2)c1)NCCO. The molecule has 0 spiro atoms. The van der Waals surface area contributed by atoms with E-state index in [9.17, 15) is 4.79 Å². The summed E-state index contributed by atoms with van der Waals surface area (Å²) < 4.78 is 5.95. The summed E-state index contributed by atoms with van der Waals surface area (Å²) >= 11 is 0. The van der Waals surface area contributed by atoms with Crippen LogP contribution in [0.15, 0.2) is 24.3 Å². The number of carbonyl (C=O) groups is 1. The Bertz CT molecular complexity index is 427. The van der Waals surface area contributed by atoms with Crippen LogP contribution in [0.3, 0.4) is 0 Å². The summed E-state index contributed by atoms with van der Waals surface area (Å²) in [6.45, 7) is 0.306. The highest BCUT2D eigenvalue weighted by Gasteiger charge is 2.16. The molecule has 1 aromatic carbocycles. The molecule has 2 N–H and O–H groups in total. The fourth-order valence-corrected chi connectivity index (χ4v) is 2.51. The zero-order valence-electron chi connectivity index (χ0n) is 11.8. The summed E-state index contributed by atoms with van der Waals surface area (Å²) in [5, 5.41) is 11.3. The van der Waals surface area contributed by atoms with Crippen molar-refractivity contribution in [3.05, 3.63) is 29.8 Å². The number of carbonyl (C=O) groups excluding carboxylic acids is 1.